The Kier molecular flexibility index (Phi) is 5.58. The van der Waals surface area contributed by atoms with Gasteiger partial charge in [-0.3, -0.25) is 4.79 Å². The number of benzene rings is 2. The number of rotatable bonds is 6. The van der Waals surface area contributed by atoms with Crippen LogP contribution in [0.25, 0.3) is 11.1 Å². The highest BCUT2D eigenvalue weighted by atomic mass is 16.5. The number of esters is 1. The largest absolute Gasteiger partial charge is 0.481 e. The van der Waals surface area contributed by atoms with E-state index in [1.807, 2.05) is 42.5 Å². The molecule has 6 nitrogen and oxygen atoms in total. The number of aliphatic hydroxyl groups excluding tert-OH is 1. The van der Waals surface area contributed by atoms with Gasteiger partial charge in [0.2, 0.25) is 0 Å². The molecule has 0 radical (unpaired) electrons. The topological polar surface area (TPSA) is 104 Å². The van der Waals surface area contributed by atoms with Crippen LogP contribution in [0.4, 0.5) is 0 Å². The van der Waals surface area contributed by atoms with Gasteiger partial charge in [0, 0.05) is 5.92 Å². The van der Waals surface area contributed by atoms with E-state index < -0.39 is 42.6 Å². The van der Waals surface area contributed by atoms with Crippen LogP contribution in [-0.2, 0) is 9.53 Å². The maximum Gasteiger partial charge on any atom is 0.338 e. The van der Waals surface area contributed by atoms with Crippen molar-refractivity contribution in [2.75, 3.05) is 6.61 Å². The second-order valence-electron chi connectivity index (χ2n) is 6.89. The maximum atomic E-state index is 12.4. The molecular weight excluding hydrogens is 348 g/mol. The van der Waals surface area contributed by atoms with Gasteiger partial charge >= 0.3 is 11.9 Å². The van der Waals surface area contributed by atoms with Gasteiger partial charge in [0.1, 0.15) is 6.10 Å². The van der Waals surface area contributed by atoms with Gasteiger partial charge in [0.15, 0.2) is 0 Å². The quantitative estimate of drug-likeness (QED) is 0.675. The lowest BCUT2D eigenvalue weighted by atomic mass is 9.87. The van der Waals surface area contributed by atoms with Crippen LogP contribution in [-0.4, -0.2) is 45.6 Å². The molecule has 1 saturated carbocycles. The summed E-state index contributed by atoms with van der Waals surface area (Å²) < 4.78 is 5.47. The summed E-state index contributed by atoms with van der Waals surface area (Å²) in [6.07, 6.45) is -0.739. The minimum absolute atomic E-state index is 0.162. The zero-order valence-electron chi connectivity index (χ0n) is 14.7. The van der Waals surface area contributed by atoms with E-state index in [0.29, 0.717) is 12.0 Å². The second kappa shape index (κ2) is 7.90. The standard InChI is InChI=1S/C21H22O6/c22-13-17-18(10-11-21(17,26)12-19(23)24)27-20(25)16-8-6-15(7-9-16)14-4-2-1-3-5-14/h1-9,17-18,22,26H,10-13H2,(H,23,24)/t17-,18+,21-/m0/s1. The summed E-state index contributed by atoms with van der Waals surface area (Å²) in [7, 11) is 0. The van der Waals surface area contributed by atoms with E-state index >= 15 is 0 Å². The number of hydrogen-bond donors (Lipinski definition) is 3. The molecule has 0 spiro atoms. The molecule has 3 rings (SSSR count). The molecule has 1 aliphatic carbocycles. The fourth-order valence-electron chi connectivity index (χ4n) is 3.67. The fourth-order valence-corrected chi connectivity index (χ4v) is 3.67. The van der Waals surface area contributed by atoms with Crippen LogP contribution in [0.15, 0.2) is 54.6 Å². The van der Waals surface area contributed by atoms with E-state index in [-0.39, 0.29) is 6.42 Å². The molecule has 0 heterocycles. The first-order valence-electron chi connectivity index (χ1n) is 8.84. The normalized spacial score (nSPS) is 24.5. The van der Waals surface area contributed by atoms with E-state index in [9.17, 15) is 19.8 Å². The first-order valence-corrected chi connectivity index (χ1v) is 8.84. The van der Waals surface area contributed by atoms with Crippen molar-refractivity contribution < 1.29 is 29.6 Å². The molecule has 0 bridgehead atoms. The Bertz CT molecular complexity index is 801. The Balaban J connectivity index is 1.69. The lowest BCUT2D eigenvalue weighted by molar-refractivity contribution is -0.145. The van der Waals surface area contributed by atoms with Gasteiger partial charge in [-0.1, -0.05) is 42.5 Å². The van der Waals surface area contributed by atoms with E-state index in [2.05, 4.69) is 0 Å². The summed E-state index contributed by atoms with van der Waals surface area (Å²) in [6.45, 7) is -0.450. The van der Waals surface area contributed by atoms with Crippen molar-refractivity contribution in [2.24, 2.45) is 5.92 Å². The molecule has 6 heteroatoms. The Morgan fingerprint density at radius 1 is 1.04 bits per heavy atom. The third-order valence-corrected chi connectivity index (χ3v) is 5.14. The molecule has 2 aromatic carbocycles. The van der Waals surface area contributed by atoms with Gasteiger partial charge in [-0.05, 0) is 36.1 Å². The minimum Gasteiger partial charge on any atom is -0.481 e. The maximum absolute atomic E-state index is 12.4. The van der Waals surface area contributed by atoms with Crippen molar-refractivity contribution >= 4 is 11.9 Å². The molecule has 0 saturated heterocycles. The smallest absolute Gasteiger partial charge is 0.338 e. The van der Waals surface area contributed by atoms with Crippen molar-refractivity contribution in [2.45, 2.75) is 31.0 Å². The van der Waals surface area contributed by atoms with Gasteiger partial charge in [-0.15, -0.1) is 0 Å². The van der Waals surface area contributed by atoms with E-state index in [0.717, 1.165) is 11.1 Å². The molecule has 1 aliphatic rings. The van der Waals surface area contributed by atoms with Crippen molar-refractivity contribution in [1.82, 2.24) is 0 Å². The molecule has 142 valence electrons. The summed E-state index contributed by atoms with van der Waals surface area (Å²) in [5, 5.41) is 29.1. The van der Waals surface area contributed by atoms with Gasteiger partial charge in [0.05, 0.1) is 24.2 Å². The van der Waals surface area contributed by atoms with Crippen LogP contribution in [0, 0.1) is 5.92 Å². The number of carboxylic acids is 1. The van der Waals surface area contributed by atoms with Crippen molar-refractivity contribution in [3.63, 3.8) is 0 Å². The molecule has 2 aromatic rings. The predicted octanol–water partition coefficient (Wildman–Crippen LogP) is 2.49. The second-order valence-corrected chi connectivity index (χ2v) is 6.89. The first kappa shape index (κ1) is 19.1. The Hall–Kier alpha value is -2.70. The third-order valence-electron chi connectivity index (χ3n) is 5.14. The van der Waals surface area contributed by atoms with Crippen molar-refractivity contribution in [3.8, 4) is 11.1 Å². The van der Waals surface area contributed by atoms with Crippen molar-refractivity contribution in [3.05, 3.63) is 60.2 Å². The number of ether oxygens (including phenoxy) is 1. The number of hydrogen-bond acceptors (Lipinski definition) is 5. The number of aliphatic carboxylic acids is 1. The highest BCUT2D eigenvalue weighted by molar-refractivity contribution is 5.90. The van der Waals surface area contributed by atoms with Crippen LogP contribution in [0.3, 0.4) is 0 Å². The number of carboxylic acid groups (broad SMARTS) is 1. The molecular formula is C21H22O6. The summed E-state index contributed by atoms with van der Waals surface area (Å²) in [5.74, 6) is -2.53. The average Bonchev–Trinajstić information content (AvgIpc) is 2.96. The molecule has 0 unspecified atom stereocenters. The zero-order valence-corrected chi connectivity index (χ0v) is 14.7. The van der Waals surface area contributed by atoms with E-state index in [4.69, 9.17) is 9.84 Å². The molecule has 1 fully saturated rings. The van der Waals surface area contributed by atoms with Gasteiger partial charge in [0.25, 0.3) is 0 Å². The highest BCUT2D eigenvalue weighted by Crippen LogP contribution is 2.40. The van der Waals surface area contributed by atoms with E-state index in [1.165, 1.54) is 0 Å². The monoisotopic (exact) mass is 370 g/mol. The SMILES string of the molecule is O=C(O)C[C@@]1(O)CC[C@@H](OC(=O)c2ccc(-c3ccccc3)cc2)[C@@H]1CO. The van der Waals surface area contributed by atoms with Crippen LogP contribution in [0.5, 0.6) is 0 Å². The number of carbonyl (C=O) groups excluding carboxylic acids is 1. The van der Waals surface area contributed by atoms with Crippen LogP contribution in [0.2, 0.25) is 0 Å². The summed E-state index contributed by atoms with van der Waals surface area (Å²) >= 11 is 0. The zero-order chi connectivity index (χ0) is 19.4. The van der Waals surface area contributed by atoms with Crippen LogP contribution in [0.1, 0.15) is 29.6 Å². The van der Waals surface area contributed by atoms with Gasteiger partial charge in [-0.2, -0.15) is 0 Å². The molecule has 0 aromatic heterocycles. The molecule has 0 amide bonds. The Labute approximate surface area is 157 Å². The lowest BCUT2D eigenvalue weighted by Gasteiger charge is -2.29. The summed E-state index contributed by atoms with van der Waals surface area (Å²) in [5.41, 5.74) is 0.798. The van der Waals surface area contributed by atoms with Gasteiger partial charge < -0.3 is 20.1 Å². The lowest BCUT2D eigenvalue weighted by Crippen LogP contribution is -2.42. The first-order chi connectivity index (χ1) is 12.9. The number of carbonyl (C=O) groups is 2. The summed E-state index contributed by atoms with van der Waals surface area (Å²) in [4.78, 5) is 23.4. The molecule has 3 atom stereocenters. The molecule has 0 aliphatic heterocycles. The molecule has 27 heavy (non-hydrogen) atoms. The highest BCUT2D eigenvalue weighted by Gasteiger charge is 2.50. The average molecular weight is 370 g/mol. The minimum atomic E-state index is -1.57. The Morgan fingerprint density at radius 2 is 1.67 bits per heavy atom. The van der Waals surface area contributed by atoms with Crippen LogP contribution < -0.4 is 0 Å². The number of aliphatic hydroxyl groups is 2. The third kappa shape index (κ3) is 4.18. The van der Waals surface area contributed by atoms with Crippen LogP contribution >= 0.6 is 0 Å². The fraction of sp³-hybridized carbons (Fsp3) is 0.333. The Morgan fingerprint density at radius 3 is 2.26 bits per heavy atom. The molecule has 3 N–H and O–H groups in total. The van der Waals surface area contributed by atoms with Gasteiger partial charge in [-0.25, -0.2) is 4.79 Å². The van der Waals surface area contributed by atoms with E-state index in [1.54, 1.807) is 12.1 Å². The summed E-state index contributed by atoms with van der Waals surface area (Å²) in [6, 6.07) is 16.7. The predicted molar refractivity (Wildman–Crippen MR) is 98.1 cm³/mol. The van der Waals surface area contributed by atoms with Crippen molar-refractivity contribution in [1.29, 1.82) is 0 Å².